The van der Waals surface area contributed by atoms with Crippen LogP contribution in [-0.2, 0) is 33.2 Å². The summed E-state index contributed by atoms with van der Waals surface area (Å²) >= 11 is 0. The van der Waals surface area contributed by atoms with Gasteiger partial charge in [-0.3, -0.25) is 0 Å². The summed E-state index contributed by atoms with van der Waals surface area (Å²) in [6, 6.07) is 0. The van der Waals surface area contributed by atoms with E-state index in [-0.39, 0.29) is 0 Å². The molecule has 0 aromatic carbocycles. The minimum atomic E-state index is -1.83. The average Bonchev–Trinajstić information content (AvgIpc) is 2.96. The lowest BCUT2D eigenvalue weighted by Crippen LogP contribution is -2.52. The quantitative estimate of drug-likeness (QED) is 0.199. The summed E-state index contributed by atoms with van der Waals surface area (Å²) in [5, 5.41) is 48.4. The van der Waals surface area contributed by atoms with Gasteiger partial charge in [0.25, 0.3) is 0 Å². The molecule has 0 aromatic heterocycles. The van der Waals surface area contributed by atoms with Crippen LogP contribution >= 0.6 is 0 Å². The highest BCUT2D eigenvalue weighted by Crippen LogP contribution is 2.32. The molecule has 28 heavy (non-hydrogen) atoms. The third kappa shape index (κ3) is 5.16. The Morgan fingerprint density at radius 2 is 1.68 bits per heavy atom. The van der Waals surface area contributed by atoms with Gasteiger partial charge >= 0.3 is 5.97 Å². The molecule has 0 aromatic rings. The molecular formula is C16H30O12. The molecular weight excluding hydrogens is 384 g/mol. The number of ether oxygens (including phenoxy) is 6. The van der Waals surface area contributed by atoms with Gasteiger partial charge in [0.15, 0.2) is 6.10 Å². The summed E-state index contributed by atoms with van der Waals surface area (Å²) in [5.74, 6) is -2.76. The van der Waals surface area contributed by atoms with Crippen molar-refractivity contribution in [1.29, 1.82) is 0 Å². The van der Waals surface area contributed by atoms with E-state index in [0.717, 1.165) is 0 Å². The lowest BCUT2D eigenvalue weighted by atomic mass is 10.0. The predicted octanol–water partition coefficient (Wildman–Crippen LogP) is -3.62. The summed E-state index contributed by atoms with van der Waals surface area (Å²) in [6.45, 7) is -1.85. The van der Waals surface area contributed by atoms with Crippen LogP contribution in [0.2, 0.25) is 0 Å². The highest BCUT2D eigenvalue weighted by atomic mass is 16.7. The minimum absolute atomic E-state index is 0.487. The molecule has 1 fully saturated rings. The second-order valence-electron chi connectivity index (χ2n) is 6.20. The van der Waals surface area contributed by atoms with E-state index in [9.17, 15) is 25.2 Å². The summed E-state index contributed by atoms with van der Waals surface area (Å²) in [6.07, 6.45) is -9.13. The van der Waals surface area contributed by atoms with E-state index in [1.165, 1.54) is 28.4 Å². The summed E-state index contributed by atoms with van der Waals surface area (Å²) < 4.78 is 30.7. The van der Waals surface area contributed by atoms with Crippen molar-refractivity contribution in [2.75, 3.05) is 48.3 Å². The topological polar surface area (TPSA) is 174 Å². The summed E-state index contributed by atoms with van der Waals surface area (Å²) in [4.78, 5) is 12.4. The zero-order valence-electron chi connectivity index (χ0n) is 16.3. The number of rotatable bonds is 12. The Balaban J connectivity index is 2.81. The molecule has 1 heterocycles. The second-order valence-corrected chi connectivity index (χ2v) is 6.20. The van der Waals surface area contributed by atoms with Crippen molar-refractivity contribution in [3.8, 4) is 0 Å². The van der Waals surface area contributed by atoms with Crippen molar-refractivity contribution >= 4 is 5.97 Å². The second kappa shape index (κ2) is 11.3. The largest absolute Gasteiger partial charge is 0.461 e. The zero-order chi connectivity index (χ0) is 21.5. The van der Waals surface area contributed by atoms with Gasteiger partial charge in [0, 0.05) is 28.4 Å². The van der Waals surface area contributed by atoms with Crippen LogP contribution in [-0.4, -0.2) is 128 Å². The molecule has 1 rings (SSSR count). The van der Waals surface area contributed by atoms with E-state index < -0.39 is 74.3 Å². The number of hydrogen-bond donors (Lipinski definition) is 5. The fourth-order valence-corrected chi connectivity index (χ4v) is 3.01. The van der Waals surface area contributed by atoms with E-state index in [1.54, 1.807) is 0 Å². The minimum Gasteiger partial charge on any atom is -0.461 e. The zero-order valence-corrected chi connectivity index (χ0v) is 16.3. The lowest BCUT2D eigenvalue weighted by molar-refractivity contribution is -0.264. The van der Waals surface area contributed by atoms with Crippen LogP contribution < -0.4 is 0 Å². The Labute approximate surface area is 162 Å². The fraction of sp³-hybridized carbons (Fsp3) is 0.938. The number of methoxy groups -OCH3 is 4. The molecule has 12 nitrogen and oxygen atoms in total. The van der Waals surface area contributed by atoms with Crippen LogP contribution in [0.4, 0.5) is 0 Å². The van der Waals surface area contributed by atoms with E-state index in [2.05, 4.69) is 0 Å². The molecule has 0 aliphatic carbocycles. The molecule has 0 spiro atoms. The van der Waals surface area contributed by atoms with Crippen LogP contribution in [0.5, 0.6) is 0 Å². The van der Waals surface area contributed by atoms with Gasteiger partial charge in [-0.05, 0) is 0 Å². The molecule has 0 bridgehead atoms. The van der Waals surface area contributed by atoms with Crippen molar-refractivity contribution in [3.05, 3.63) is 0 Å². The SMILES string of the molecule is CO[C@@H]([C@H](OC)[C@@H](OC)C(=O)OC[C@H]1O[C@](CO)(OC)[C@@H](O)[C@@H]1O)[C@H](O)CO. The molecule has 0 radical (unpaired) electrons. The van der Waals surface area contributed by atoms with E-state index in [1.807, 2.05) is 0 Å². The van der Waals surface area contributed by atoms with Crippen molar-refractivity contribution in [1.82, 2.24) is 0 Å². The van der Waals surface area contributed by atoms with Crippen molar-refractivity contribution < 1.29 is 58.7 Å². The standard InChI is InChI=1S/C16H30O12/c1-23-11(8(19)5-17)12(24-2)13(25-3)15(22)27-6-9-10(20)14(21)16(7-18,26-4)28-9/h8-14,17-21H,5-7H2,1-4H3/t8-,9-,10-,11-,12+,13-,14+,16+/m1/s1. The molecule has 0 amide bonds. The highest BCUT2D eigenvalue weighted by molar-refractivity contribution is 5.75. The normalized spacial score (nSPS) is 32.0. The van der Waals surface area contributed by atoms with E-state index in [0.29, 0.717) is 0 Å². The smallest absolute Gasteiger partial charge is 0.338 e. The number of carbonyl (C=O) groups excluding carboxylic acids is 1. The molecule has 5 N–H and O–H groups in total. The Hall–Kier alpha value is -0.930. The third-order valence-electron chi connectivity index (χ3n) is 4.68. The van der Waals surface area contributed by atoms with Gasteiger partial charge in [0.1, 0.15) is 49.8 Å². The molecule has 12 heteroatoms. The van der Waals surface area contributed by atoms with Gasteiger partial charge in [0.05, 0.1) is 6.61 Å². The van der Waals surface area contributed by atoms with Crippen molar-refractivity contribution in [3.63, 3.8) is 0 Å². The van der Waals surface area contributed by atoms with Gasteiger partial charge in [0.2, 0.25) is 5.79 Å². The van der Waals surface area contributed by atoms with Crippen LogP contribution in [0, 0.1) is 0 Å². The van der Waals surface area contributed by atoms with Gasteiger partial charge in [-0.1, -0.05) is 0 Å². The molecule has 1 aliphatic heterocycles. The summed E-state index contributed by atoms with van der Waals surface area (Å²) in [5.41, 5.74) is 0. The Bertz CT molecular complexity index is 471. The first-order chi connectivity index (χ1) is 13.3. The maximum absolute atomic E-state index is 12.4. The maximum atomic E-state index is 12.4. The number of aliphatic hydroxyl groups excluding tert-OH is 5. The van der Waals surface area contributed by atoms with E-state index >= 15 is 0 Å². The van der Waals surface area contributed by atoms with Crippen LogP contribution in [0.1, 0.15) is 0 Å². The fourth-order valence-electron chi connectivity index (χ4n) is 3.01. The maximum Gasteiger partial charge on any atom is 0.338 e. The van der Waals surface area contributed by atoms with Crippen LogP contribution in [0.3, 0.4) is 0 Å². The van der Waals surface area contributed by atoms with Gasteiger partial charge in [-0.15, -0.1) is 0 Å². The monoisotopic (exact) mass is 414 g/mol. The predicted molar refractivity (Wildman–Crippen MR) is 90.2 cm³/mol. The molecule has 0 unspecified atom stereocenters. The molecule has 1 aliphatic rings. The first-order valence-electron chi connectivity index (χ1n) is 8.50. The van der Waals surface area contributed by atoms with Gasteiger partial charge < -0.3 is 54.0 Å². The van der Waals surface area contributed by atoms with Crippen LogP contribution in [0.25, 0.3) is 0 Å². The lowest BCUT2D eigenvalue weighted by Gasteiger charge is -2.32. The van der Waals surface area contributed by atoms with Crippen molar-refractivity contribution in [2.45, 2.75) is 48.5 Å². The van der Waals surface area contributed by atoms with E-state index in [4.69, 9.17) is 33.5 Å². The number of hydrogen-bond acceptors (Lipinski definition) is 12. The molecule has 0 saturated carbocycles. The number of carbonyl (C=O) groups is 1. The summed E-state index contributed by atoms with van der Waals surface area (Å²) in [7, 11) is 4.91. The van der Waals surface area contributed by atoms with Gasteiger partial charge in [-0.25, -0.2) is 4.79 Å². The average molecular weight is 414 g/mol. The number of esters is 1. The molecule has 1 saturated heterocycles. The first-order valence-corrected chi connectivity index (χ1v) is 8.50. The first kappa shape index (κ1) is 25.1. The Morgan fingerprint density at radius 3 is 2.07 bits per heavy atom. The van der Waals surface area contributed by atoms with Crippen molar-refractivity contribution in [2.24, 2.45) is 0 Å². The highest BCUT2D eigenvalue weighted by Gasteiger charge is 2.55. The molecule has 8 atom stereocenters. The third-order valence-corrected chi connectivity index (χ3v) is 4.68. The Morgan fingerprint density at radius 1 is 1.07 bits per heavy atom. The molecule has 166 valence electrons. The van der Waals surface area contributed by atoms with Crippen LogP contribution in [0.15, 0.2) is 0 Å². The Kier molecular flexibility index (Phi) is 10.1. The number of aliphatic hydroxyl groups is 5. The van der Waals surface area contributed by atoms with Gasteiger partial charge in [-0.2, -0.15) is 0 Å².